The molecule has 1 aliphatic rings. The van der Waals surface area contributed by atoms with Crippen molar-refractivity contribution >= 4 is 10.8 Å². The van der Waals surface area contributed by atoms with Gasteiger partial charge in [-0.3, -0.25) is 4.21 Å². The van der Waals surface area contributed by atoms with Crippen LogP contribution < -0.4 is 0 Å². The van der Waals surface area contributed by atoms with Crippen molar-refractivity contribution in [1.29, 1.82) is 5.26 Å². The molecule has 0 saturated heterocycles. The van der Waals surface area contributed by atoms with Crippen molar-refractivity contribution in [3.63, 3.8) is 0 Å². The van der Waals surface area contributed by atoms with Crippen LogP contribution in [0.4, 0.5) is 8.78 Å². The van der Waals surface area contributed by atoms with E-state index in [9.17, 15) is 13.0 Å². The zero-order valence-corrected chi connectivity index (χ0v) is 10.6. The molecule has 0 heterocycles. The first-order chi connectivity index (χ1) is 8.63. The number of rotatable bonds is 2. The van der Waals surface area contributed by atoms with E-state index in [4.69, 9.17) is 5.26 Å². The maximum atomic E-state index is 13.6. The van der Waals surface area contributed by atoms with Crippen molar-refractivity contribution in [1.82, 2.24) is 0 Å². The van der Waals surface area contributed by atoms with Gasteiger partial charge in [0.15, 0.2) is 0 Å². The molecule has 0 aliphatic heterocycles. The Morgan fingerprint density at radius 1 is 1.28 bits per heavy atom. The zero-order valence-electron chi connectivity index (χ0n) is 9.73. The third-order valence-electron chi connectivity index (χ3n) is 3.25. The third kappa shape index (κ3) is 2.59. The summed E-state index contributed by atoms with van der Waals surface area (Å²) in [5.74, 6) is -1.78. The summed E-state index contributed by atoms with van der Waals surface area (Å²) < 4.78 is 38.7. The average molecular weight is 269 g/mol. The lowest BCUT2D eigenvalue weighted by Crippen LogP contribution is -2.28. The van der Waals surface area contributed by atoms with Crippen LogP contribution in [0.2, 0.25) is 0 Å². The van der Waals surface area contributed by atoms with Gasteiger partial charge in [0.25, 0.3) is 0 Å². The Morgan fingerprint density at radius 3 is 2.67 bits per heavy atom. The maximum absolute atomic E-state index is 13.6. The summed E-state index contributed by atoms with van der Waals surface area (Å²) in [6, 6.07) is 5.19. The van der Waals surface area contributed by atoms with Gasteiger partial charge < -0.3 is 0 Å². The lowest BCUT2D eigenvalue weighted by Gasteiger charge is -2.26. The topological polar surface area (TPSA) is 40.9 Å². The van der Waals surface area contributed by atoms with Gasteiger partial charge in [-0.05, 0) is 25.0 Å². The number of nitriles is 1. The van der Waals surface area contributed by atoms with E-state index in [1.807, 2.05) is 0 Å². The first-order valence-electron chi connectivity index (χ1n) is 5.88. The molecule has 1 aliphatic carbocycles. The second-order valence-corrected chi connectivity index (χ2v) is 6.07. The predicted molar refractivity (Wildman–Crippen MR) is 64.1 cm³/mol. The van der Waals surface area contributed by atoms with Crippen molar-refractivity contribution < 1.29 is 13.0 Å². The third-order valence-corrected chi connectivity index (χ3v) is 5.13. The molecule has 3 atom stereocenters. The van der Waals surface area contributed by atoms with Gasteiger partial charge in [-0.2, -0.15) is 5.26 Å². The number of hydrogen-bond donors (Lipinski definition) is 0. The minimum Gasteiger partial charge on any atom is -0.254 e. The molecule has 0 amide bonds. The molecule has 0 N–H and O–H groups in total. The summed E-state index contributed by atoms with van der Waals surface area (Å²) in [6.45, 7) is 0. The number of nitrogens with zero attached hydrogens (tertiary/aromatic N) is 1. The summed E-state index contributed by atoms with van der Waals surface area (Å²) in [7, 11) is -1.58. The standard InChI is InChI=1S/C13H13F2NOS/c14-10-5-6-13(11(15)7-10)18(17)12-4-2-1-3-9(12)8-16/h5-7,9,12H,1-4H2. The van der Waals surface area contributed by atoms with Crippen molar-refractivity contribution in [3.8, 4) is 6.07 Å². The molecule has 2 nitrogen and oxygen atoms in total. The minimum absolute atomic E-state index is 0.00329. The largest absolute Gasteiger partial charge is 0.254 e. The highest BCUT2D eigenvalue weighted by Crippen LogP contribution is 2.31. The van der Waals surface area contributed by atoms with Gasteiger partial charge in [0, 0.05) is 6.07 Å². The van der Waals surface area contributed by atoms with Crippen LogP contribution in [-0.4, -0.2) is 9.46 Å². The Kier molecular flexibility index (Phi) is 4.07. The van der Waals surface area contributed by atoms with Gasteiger partial charge in [0.2, 0.25) is 0 Å². The van der Waals surface area contributed by atoms with Crippen LogP contribution in [0.3, 0.4) is 0 Å². The van der Waals surface area contributed by atoms with Crippen LogP contribution in [-0.2, 0) is 10.8 Å². The SMILES string of the molecule is N#CC1CCCCC1S(=O)c1ccc(F)cc1F. The van der Waals surface area contributed by atoms with E-state index in [2.05, 4.69) is 6.07 Å². The Labute approximate surface area is 107 Å². The molecule has 18 heavy (non-hydrogen) atoms. The van der Waals surface area contributed by atoms with Crippen molar-refractivity contribution in [2.75, 3.05) is 0 Å². The zero-order chi connectivity index (χ0) is 13.1. The second kappa shape index (κ2) is 5.57. The number of benzene rings is 1. The maximum Gasteiger partial charge on any atom is 0.142 e. The van der Waals surface area contributed by atoms with Crippen LogP contribution in [0.25, 0.3) is 0 Å². The summed E-state index contributed by atoms with van der Waals surface area (Å²) >= 11 is 0. The summed E-state index contributed by atoms with van der Waals surface area (Å²) in [5, 5.41) is 8.69. The van der Waals surface area contributed by atoms with E-state index in [1.54, 1.807) is 0 Å². The molecular formula is C13H13F2NOS. The highest BCUT2D eigenvalue weighted by Gasteiger charge is 2.31. The van der Waals surface area contributed by atoms with Crippen molar-refractivity contribution in [2.24, 2.45) is 5.92 Å². The summed E-state index contributed by atoms with van der Waals surface area (Å²) in [4.78, 5) is 0.00329. The fraction of sp³-hybridized carbons (Fsp3) is 0.462. The average Bonchev–Trinajstić information content (AvgIpc) is 2.38. The molecule has 0 radical (unpaired) electrons. The van der Waals surface area contributed by atoms with E-state index in [1.165, 1.54) is 6.07 Å². The minimum atomic E-state index is -1.58. The van der Waals surface area contributed by atoms with Crippen LogP contribution in [0.15, 0.2) is 23.1 Å². The predicted octanol–water partition coefficient (Wildman–Crippen LogP) is 3.15. The second-order valence-electron chi connectivity index (χ2n) is 4.43. The van der Waals surface area contributed by atoms with Gasteiger partial charge in [-0.15, -0.1) is 0 Å². The van der Waals surface area contributed by atoms with Crippen LogP contribution in [0, 0.1) is 28.9 Å². The highest BCUT2D eigenvalue weighted by atomic mass is 32.2. The molecule has 1 fully saturated rings. The fourth-order valence-electron chi connectivity index (χ4n) is 2.30. The highest BCUT2D eigenvalue weighted by molar-refractivity contribution is 7.85. The van der Waals surface area contributed by atoms with E-state index < -0.39 is 22.4 Å². The molecule has 1 aromatic rings. The Morgan fingerprint density at radius 2 is 2.00 bits per heavy atom. The lowest BCUT2D eigenvalue weighted by atomic mass is 9.90. The normalized spacial score (nSPS) is 25.4. The fourth-order valence-corrected chi connectivity index (χ4v) is 3.96. The summed E-state index contributed by atoms with van der Waals surface area (Å²) in [6.07, 6.45) is 3.20. The smallest absolute Gasteiger partial charge is 0.142 e. The van der Waals surface area contributed by atoms with E-state index in [0.29, 0.717) is 12.8 Å². The van der Waals surface area contributed by atoms with Gasteiger partial charge in [0.05, 0.1) is 32.9 Å². The van der Waals surface area contributed by atoms with Crippen molar-refractivity contribution in [2.45, 2.75) is 35.8 Å². The molecule has 5 heteroatoms. The van der Waals surface area contributed by atoms with Crippen LogP contribution >= 0.6 is 0 Å². The molecule has 0 bridgehead atoms. The van der Waals surface area contributed by atoms with Gasteiger partial charge in [-0.25, -0.2) is 8.78 Å². The quantitative estimate of drug-likeness (QED) is 0.827. The molecule has 1 saturated carbocycles. The number of hydrogen-bond acceptors (Lipinski definition) is 2. The first kappa shape index (κ1) is 13.2. The monoisotopic (exact) mass is 269 g/mol. The molecule has 2 rings (SSSR count). The van der Waals surface area contributed by atoms with Crippen molar-refractivity contribution in [3.05, 3.63) is 29.8 Å². The molecule has 0 aromatic heterocycles. The first-order valence-corrected chi connectivity index (χ1v) is 7.10. The molecule has 3 unspecified atom stereocenters. The molecule has 0 spiro atoms. The Bertz CT molecular complexity index is 512. The number of halogens is 2. The lowest BCUT2D eigenvalue weighted by molar-refractivity contribution is 0.430. The molecular weight excluding hydrogens is 256 g/mol. The van der Waals surface area contributed by atoms with E-state index in [-0.39, 0.29) is 16.1 Å². The van der Waals surface area contributed by atoms with Crippen LogP contribution in [0.5, 0.6) is 0 Å². The van der Waals surface area contributed by atoms with Gasteiger partial charge in [-0.1, -0.05) is 12.8 Å². The van der Waals surface area contributed by atoms with E-state index >= 15 is 0 Å². The summed E-state index contributed by atoms with van der Waals surface area (Å²) in [5.41, 5.74) is 0. The Hall–Kier alpha value is -1.28. The Balaban J connectivity index is 2.27. The van der Waals surface area contributed by atoms with Gasteiger partial charge >= 0.3 is 0 Å². The molecule has 1 aromatic carbocycles. The van der Waals surface area contributed by atoms with E-state index in [0.717, 1.165) is 25.0 Å². The van der Waals surface area contributed by atoms with Crippen LogP contribution in [0.1, 0.15) is 25.7 Å². The van der Waals surface area contributed by atoms with Gasteiger partial charge in [0.1, 0.15) is 11.6 Å². The molecule has 96 valence electrons.